The van der Waals surface area contributed by atoms with Gasteiger partial charge in [0, 0.05) is 30.5 Å². The van der Waals surface area contributed by atoms with Gasteiger partial charge in [0.1, 0.15) is 6.07 Å². The molecule has 2 aromatic rings. The van der Waals surface area contributed by atoms with Gasteiger partial charge in [0.25, 0.3) is 0 Å². The standard InChI is InChI=1S/C12H11ClN4/c13-11-2-1-10(8-14)12(7-11)16-4-6-17-5-3-15-9-17/h1-3,5,7,9,16H,4,6H2. The van der Waals surface area contributed by atoms with Crippen molar-refractivity contribution < 1.29 is 0 Å². The molecule has 1 N–H and O–H groups in total. The van der Waals surface area contributed by atoms with E-state index in [1.165, 1.54) is 0 Å². The van der Waals surface area contributed by atoms with E-state index in [2.05, 4.69) is 16.4 Å². The number of nitriles is 1. The number of halogens is 1. The van der Waals surface area contributed by atoms with Gasteiger partial charge >= 0.3 is 0 Å². The lowest BCUT2D eigenvalue weighted by atomic mass is 10.2. The molecule has 0 saturated heterocycles. The summed E-state index contributed by atoms with van der Waals surface area (Å²) in [5.41, 5.74) is 1.36. The second kappa shape index (κ2) is 5.37. The third-order valence-corrected chi connectivity index (χ3v) is 2.58. The summed E-state index contributed by atoms with van der Waals surface area (Å²) < 4.78 is 1.96. The quantitative estimate of drug-likeness (QED) is 0.902. The SMILES string of the molecule is N#Cc1ccc(Cl)cc1NCCn1ccnc1. The number of aromatic nitrogens is 2. The Morgan fingerprint density at radius 2 is 2.35 bits per heavy atom. The van der Waals surface area contributed by atoms with E-state index in [0.29, 0.717) is 17.1 Å². The van der Waals surface area contributed by atoms with Crippen LogP contribution in [0, 0.1) is 11.3 Å². The maximum absolute atomic E-state index is 8.94. The van der Waals surface area contributed by atoms with Crippen molar-refractivity contribution in [3.05, 3.63) is 47.5 Å². The summed E-state index contributed by atoms with van der Waals surface area (Å²) in [6, 6.07) is 7.30. The summed E-state index contributed by atoms with van der Waals surface area (Å²) in [4.78, 5) is 3.96. The van der Waals surface area contributed by atoms with Crippen molar-refractivity contribution in [2.75, 3.05) is 11.9 Å². The summed E-state index contributed by atoms with van der Waals surface area (Å²) in [7, 11) is 0. The highest BCUT2D eigenvalue weighted by Gasteiger charge is 2.01. The van der Waals surface area contributed by atoms with Gasteiger partial charge in [-0.2, -0.15) is 5.26 Å². The molecule has 0 spiro atoms. The molecule has 0 radical (unpaired) electrons. The van der Waals surface area contributed by atoms with E-state index < -0.39 is 0 Å². The van der Waals surface area contributed by atoms with Crippen molar-refractivity contribution in [3.8, 4) is 6.07 Å². The molecule has 4 nitrogen and oxygen atoms in total. The zero-order valence-electron chi connectivity index (χ0n) is 9.10. The van der Waals surface area contributed by atoms with Crippen LogP contribution in [0.25, 0.3) is 0 Å². The van der Waals surface area contributed by atoms with Crippen LogP contribution in [-0.2, 0) is 6.54 Å². The van der Waals surface area contributed by atoms with E-state index in [-0.39, 0.29) is 0 Å². The van der Waals surface area contributed by atoms with E-state index in [0.717, 1.165) is 12.2 Å². The molecule has 0 saturated carbocycles. The van der Waals surface area contributed by atoms with Crippen molar-refractivity contribution in [2.24, 2.45) is 0 Å². The van der Waals surface area contributed by atoms with Gasteiger partial charge in [-0.3, -0.25) is 0 Å². The first-order chi connectivity index (χ1) is 8.29. The van der Waals surface area contributed by atoms with Gasteiger partial charge in [-0.1, -0.05) is 11.6 Å². The first kappa shape index (κ1) is 11.5. The zero-order valence-corrected chi connectivity index (χ0v) is 9.85. The van der Waals surface area contributed by atoms with Crippen LogP contribution in [0.3, 0.4) is 0 Å². The summed E-state index contributed by atoms with van der Waals surface area (Å²) in [5, 5.41) is 12.8. The second-order valence-corrected chi connectivity index (χ2v) is 3.97. The Kier molecular flexibility index (Phi) is 3.63. The number of nitrogens with zero attached hydrogens (tertiary/aromatic N) is 3. The molecule has 5 heteroatoms. The van der Waals surface area contributed by atoms with Crippen molar-refractivity contribution in [3.63, 3.8) is 0 Å². The number of hydrogen-bond donors (Lipinski definition) is 1. The number of imidazole rings is 1. The number of anilines is 1. The highest BCUT2D eigenvalue weighted by Crippen LogP contribution is 2.20. The molecule has 0 fully saturated rings. The summed E-state index contributed by atoms with van der Waals surface area (Å²) >= 11 is 5.89. The predicted molar refractivity (Wildman–Crippen MR) is 66.9 cm³/mol. The van der Waals surface area contributed by atoms with E-state index in [1.807, 2.05) is 10.8 Å². The molecule has 0 unspecified atom stereocenters. The van der Waals surface area contributed by atoms with Crippen LogP contribution in [0.4, 0.5) is 5.69 Å². The summed E-state index contributed by atoms with van der Waals surface area (Å²) in [5.74, 6) is 0. The van der Waals surface area contributed by atoms with Gasteiger partial charge in [-0.15, -0.1) is 0 Å². The Morgan fingerprint density at radius 3 is 3.06 bits per heavy atom. The van der Waals surface area contributed by atoms with Gasteiger partial charge in [0.15, 0.2) is 0 Å². The smallest absolute Gasteiger partial charge is 0.101 e. The van der Waals surface area contributed by atoms with Crippen LogP contribution < -0.4 is 5.32 Å². The highest BCUT2D eigenvalue weighted by molar-refractivity contribution is 6.30. The maximum Gasteiger partial charge on any atom is 0.101 e. The first-order valence-electron chi connectivity index (χ1n) is 5.19. The molecular weight excluding hydrogens is 236 g/mol. The van der Waals surface area contributed by atoms with Gasteiger partial charge < -0.3 is 9.88 Å². The van der Waals surface area contributed by atoms with Crippen LogP contribution in [0.1, 0.15) is 5.56 Å². The Hall–Kier alpha value is -1.99. The minimum Gasteiger partial charge on any atom is -0.382 e. The fraction of sp³-hybridized carbons (Fsp3) is 0.167. The molecule has 0 aliphatic carbocycles. The summed E-state index contributed by atoms with van der Waals surface area (Å²) in [6.45, 7) is 1.50. The molecule has 17 heavy (non-hydrogen) atoms. The molecule has 0 aliphatic heterocycles. The Bertz CT molecular complexity index is 528. The lowest BCUT2D eigenvalue weighted by Crippen LogP contribution is -2.10. The number of nitrogens with one attached hydrogen (secondary N) is 1. The Labute approximate surface area is 104 Å². The molecule has 2 rings (SSSR count). The van der Waals surface area contributed by atoms with Crippen LogP contribution in [0.5, 0.6) is 0 Å². The van der Waals surface area contributed by atoms with Crippen LogP contribution >= 0.6 is 11.6 Å². The molecule has 0 atom stereocenters. The van der Waals surface area contributed by atoms with Crippen molar-refractivity contribution in [1.29, 1.82) is 5.26 Å². The van der Waals surface area contributed by atoms with E-state index in [4.69, 9.17) is 16.9 Å². The van der Waals surface area contributed by atoms with Crippen molar-refractivity contribution in [1.82, 2.24) is 9.55 Å². The molecule has 1 aromatic heterocycles. The maximum atomic E-state index is 8.94. The molecule has 1 aromatic carbocycles. The summed E-state index contributed by atoms with van der Waals surface area (Å²) in [6.07, 6.45) is 5.38. The molecule has 0 amide bonds. The molecule has 1 heterocycles. The van der Waals surface area contributed by atoms with Gasteiger partial charge in [-0.25, -0.2) is 4.98 Å². The highest BCUT2D eigenvalue weighted by atomic mass is 35.5. The number of hydrogen-bond acceptors (Lipinski definition) is 3. The number of benzene rings is 1. The fourth-order valence-corrected chi connectivity index (χ4v) is 1.67. The van der Waals surface area contributed by atoms with Gasteiger partial charge in [0.05, 0.1) is 17.6 Å². The van der Waals surface area contributed by atoms with Crippen LogP contribution in [-0.4, -0.2) is 16.1 Å². The third kappa shape index (κ3) is 2.99. The molecule has 0 aliphatic rings. The van der Waals surface area contributed by atoms with Crippen LogP contribution in [0.2, 0.25) is 5.02 Å². The topological polar surface area (TPSA) is 53.6 Å². The monoisotopic (exact) mass is 246 g/mol. The second-order valence-electron chi connectivity index (χ2n) is 3.53. The minimum absolute atomic E-state index is 0.597. The van der Waals surface area contributed by atoms with Gasteiger partial charge in [0.2, 0.25) is 0 Å². The lowest BCUT2D eigenvalue weighted by molar-refractivity contribution is 0.727. The molecular formula is C12H11ClN4. The zero-order chi connectivity index (χ0) is 12.1. The Balaban J connectivity index is 1.99. The fourth-order valence-electron chi connectivity index (χ4n) is 1.50. The molecule has 0 bridgehead atoms. The van der Waals surface area contributed by atoms with E-state index in [9.17, 15) is 0 Å². The average Bonchev–Trinajstić information content (AvgIpc) is 2.82. The van der Waals surface area contributed by atoms with Crippen LogP contribution in [0.15, 0.2) is 36.9 Å². The lowest BCUT2D eigenvalue weighted by Gasteiger charge is -2.08. The first-order valence-corrected chi connectivity index (χ1v) is 5.56. The van der Waals surface area contributed by atoms with E-state index in [1.54, 1.807) is 30.7 Å². The molecule has 86 valence electrons. The largest absolute Gasteiger partial charge is 0.382 e. The minimum atomic E-state index is 0.597. The Morgan fingerprint density at radius 1 is 1.47 bits per heavy atom. The third-order valence-electron chi connectivity index (χ3n) is 2.35. The van der Waals surface area contributed by atoms with Crippen molar-refractivity contribution in [2.45, 2.75) is 6.54 Å². The normalized spacial score (nSPS) is 9.88. The van der Waals surface area contributed by atoms with E-state index >= 15 is 0 Å². The predicted octanol–water partition coefficient (Wildman–Crippen LogP) is 2.52. The average molecular weight is 247 g/mol. The number of rotatable bonds is 4. The van der Waals surface area contributed by atoms with Crippen molar-refractivity contribution >= 4 is 17.3 Å². The van der Waals surface area contributed by atoms with Gasteiger partial charge in [-0.05, 0) is 18.2 Å².